The molecule has 0 amide bonds. The summed E-state index contributed by atoms with van der Waals surface area (Å²) in [5, 5.41) is 0.616. The molecule has 2 aliphatic heterocycles. The average molecular weight is 340 g/mol. The summed E-state index contributed by atoms with van der Waals surface area (Å²) in [7, 11) is 0. The second kappa shape index (κ2) is 5.99. The van der Waals surface area contributed by atoms with Crippen molar-refractivity contribution in [2.45, 2.75) is 18.4 Å². The number of esters is 1. The number of piperidine rings is 1. The molecule has 2 bridgehead atoms. The molecule has 4 rings (SSSR count). The van der Waals surface area contributed by atoms with Crippen LogP contribution in [-0.2, 0) is 4.74 Å². The molecule has 0 saturated carbocycles. The molecule has 122 valence electrons. The van der Waals surface area contributed by atoms with Gasteiger partial charge in [0.05, 0.1) is 12.1 Å². The van der Waals surface area contributed by atoms with Gasteiger partial charge in [-0.2, -0.15) is 0 Å². The Bertz CT molecular complexity index is 785. The highest BCUT2D eigenvalue weighted by Gasteiger charge is 2.49. The molecule has 0 aromatic heterocycles. The summed E-state index contributed by atoms with van der Waals surface area (Å²) in [6.07, 6.45) is 3.86. The van der Waals surface area contributed by atoms with E-state index in [0.29, 0.717) is 10.6 Å². The van der Waals surface area contributed by atoms with Crippen LogP contribution in [-0.4, -0.2) is 29.6 Å². The van der Waals surface area contributed by atoms with Crippen LogP contribution in [0.5, 0.6) is 0 Å². The predicted molar refractivity (Wildman–Crippen MR) is 94.8 cm³/mol. The summed E-state index contributed by atoms with van der Waals surface area (Å²) in [5.41, 5.74) is 2.58. The van der Waals surface area contributed by atoms with Crippen LogP contribution in [0.1, 0.15) is 28.8 Å². The Morgan fingerprint density at radius 1 is 1.12 bits per heavy atom. The third-order valence-electron chi connectivity index (χ3n) is 4.75. The molecular weight excluding hydrogens is 322 g/mol. The van der Waals surface area contributed by atoms with Crippen LogP contribution in [0.3, 0.4) is 0 Å². The smallest absolute Gasteiger partial charge is 0.338 e. The van der Waals surface area contributed by atoms with Gasteiger partial charge in [-0.25, -0.2) is 4.79 Å². The maximum Gasteiger partial charge on any atom is 0.338 e. The van der Waals surface area contributed by atoms with Crippen LogP contribution in [0.25, 0.3) is 6.08 Å². The first-order chi connectivity index (χ1) is 11.6. The minimum Gasteiger partial charge on any atom is -0.453 e. The molecule has 2 aromatic rings. The summed E-state index contributed by atoms with van der Waals surface area (Å²) >= 11 is 5.88. The first kappa shape index (κ1) is 15.3. The molecule has 24 heavy (non-hydrogen) atoms. The third-order valence-corrected chi connectivity index (χ3v) is 5.00. The molecule has 0 spiro atoms. The third kappa shape index (κ3) is 2.92. The molecule has 2 fully saturated rings. The monoisotopic (exact) mass is 339 g/mol. The van der Waals surface area contributed by atoms with Crippen molar-refractivity contribution in [3.8, 4) is 0 Å². The highest BCUT2D eigenvalue weighted by atomic mass is 35.5. The van der Waals surface area contributed by atoms with Crippen molar-refractivity contribution >= 4 is 23.6 Å². The van der Waals surface area contributed by atoms with E-state index in [1.165, 1.54) is 11.3 Å². The number of benzene rings is 2. The number of halogens is 1. The fraction of sp³-hybridized carbons (Fsp3) is 0.250. The fourth-order valence-corrected chi connectivity index (χ4v) is 3.65. The fourth-order valence-electron chi connectivity index (χ4n) is 3.52. The van der Waals surface area contributed by atoms with Gasteiger partial charge < -0.3 is 9.64 Å². The maximum absolute atomic E-state index is 12.5. The molecular formula is C20H18ClNO2. The average Bonchev–Trinajstić information content (AvgIpc) is 3.14. The summed E-state index contributed by atoms with van der Waals surface area (Å²) in [4.78, 5) is 14.8. The Morgan fingerprint density at radius 2 is 1.88 bits per heavy atom. The van der Waals surface area contributed by atoms with E-state index in [-0.39, 0.29) is 5.97 Å². The van der Waals surface area contributed by atoms with Crippen LogP contribution >= 0.6 is 11.6 Å². The number of fused-ring (bicyclic) bond motifs is 2. The normalized spacial score (nSPS) is 23.7. The van der Waals surface area contributed by atoms with Crippen LogP contribution in [0.4, 0.5) is 0 Å². The highest BCUT2D eigenvalue weighted by molar-refractivity contribution is 6.30. The van der Waals surface area contributed by atoms with Crippen molar-refractivity contribution in [1.29, 1.82) is 0 Å². The van der Waals surface area contributed by atoms with Gasteiger partial charge in [-0.1, -0.05) is 41.9 Å². The van der Waals surface area contributed by atoms with E-state index < -0.39 is 5.60 Å². The lowest BCUT2D eigenvalue weighted by Crippen LogP contribution is -2.33. The molecule has 1 unspecified atom stereocenters. The van der Waals surface area contributed by atoms with Crippen LogP contribution in [0, 0.1) is 0 Å². The van der Waals surface area contributed by atoms with Crippen LogP contribution in [0.15, 0.2) is 60.3 Å². The largest absolute Gasteiger partial charge is 0.453 e. The molecule has 2 aromatic carbocycles. The zero-order valence-corrected chi connectivity index (χ0v) is 14.0. The van der Waals surface area contributed by atoms with Gasteiger partial charge >= 0.3 is 5.97 Å². The van der Waals surface area contributed by atoms with Crippen molar-refractivity contribution in [3.05, 3.63) is 76.4 Å². The van der Waals surface area contributed by atoms with Crippen molar-refractivity contribution in [2.24, 2.45) is 0 Å². The zero-order valence-electron chi connectivity index (χ0n) is 13.2. The van der Waals surface area contributed by atoms with Crippen LogP contribution in [0.2, 0.25) is 5.02 Å². The Hall–Kier alpha value is -2.26. The van der Waals surface area contributed by atoms with Gasteiger partial charge in [0.15, 0.2) is 0 Å². The summed E-state index contributed by atoms with van der Waals surface area (Å²) in [5.74, 6) is -0.269. The lowest BCUT2D eigenvalue weighted by atomic mass is 9.96. The van der Waals surface area contributed by atoms with Crippen LogP contribution < -0.4 is 0 Å². The number of hydrogen-bond acceptors (Lipinski definition) is 3. The number of rotatable bonds is 3. The van der Waals surface area contributed by atoms with Gasteiger partial charge in [-0.15, -0.1) is 0 Å². The molecule has 0 aliphatic carbocycles. The van der Waals surface area contributed by atoms with Gasteiger partial charge in [0.1, 0.15) is 5.60 Å². The lowest BCUT2D eigenvalue weighted by molar-refractivity contribution is -0.00436. The summed E-state index contributed by atoms with van der Waals surface area (Å²) in [6, 6.07) is 17.1. The van der Waals surface area contributed by atoms with Crippen molar-refractivity contribution < 1.29 is 9.53 Å². The van der Waals surface area contributed by atoms with E-state index in [1.54, 1.807) is 24.3 Å². The highest BCUT2D eigenvalue weighted by Crippen LogP contribution is 2.43. The van der Waals surface area contributed by atoms with E-state index in [4.69, 9.17) is 16.3 Å². The Kier molecular flexibility index (Phi) is 3.81. The van der Waals surface area contributed by atoms with Crippen molar-refractivity contribution in [2.75, 3.05) is 13.1 Å². The Balaban J connectivity index is 1.51. The maximum atomic E-state index is 12.5. The SMILES string of the molecule is O=C(OC12CCN(C1)/C(=C\c1ccccc1)C2)c1ccc(Cl)cc1. The van der Waals surface area contributed by atoms with E-state index in [2.05, 4.69) is 23.1 Å². The molecule has 3 nitrogen and oxygen atoms in total. The van der Waals surface area contributed by atoms with Gasteiger partial charge in [0.25, 0.3) is 0 Å². The first-order valence-electron chi connectivity index (χ1n) is 8.13. The van der Waals surface area contributed by atoms with E-state index >= 15 is 0 Å². The number of carbonyl (C=O) groups is 1. The van der Waals surface area contributed by atoms with Crippen molar-refractivity contribution in [1.82, 2.24) is 4.90 Å². The molecule has 2 saturated heterocycles. The van der Waals surface area contributed by atoms with E-state index in [1.807, 2.05) is 18.2 Å². The minimum absolute atomic E-state index is 0.269. The minimum atomic E-state index is -0.392. The second-order valence-corrected chi connectivity index (χ2v) is 6.91. The zero-order chi connectivity index (χ0) is 16.6. The van der Waals surface area contributed by atoms with Gasteiger partial charge in [0.2, 0.25) is 0 Å². The molecule has 0 N–H and O–H groups in total. The van der Waals surface area contributed by atoms with Gasteiger partial charge in [-0.05, 0) is 35.9 Å². The molecule has 2 heterocycles. The van der Waals surface area contributed by atoms with Gasteiger partial charge in [-0.3, -0.25) is 0 Å². The molecule has 0 radical (unpaired) electrons. The van der Waals surface area contributed by atoms with Gasteiger partial charge in [0, 0.05) is 30.1 Å². The topological polar surface area (TPSA) is 29.5 Å². The standard InChI is InChI=1S/C20H18ClNO2/c21-17-8-6-16(7-9-17)19(23)24-20-10-11-22(14-20)18(13-20)12-15-4-2-1-3-5-15/h1-9,12H,10-11,13-14H2/b18-12-. The molecule has 4 heteroatoms. The quantitative estimate of drug-likeness (QED) is 0.777. The number of carbonyl (C=O) groups excluding carboxylic acids is 1. The first-order valence-corrected chi connectivity index (χ1v) is 8.51. The predicted octanol–water partition coefficient (Wildman–Crippen LogP) is 4.39. The van der Waals surface area contributed by atoms with E-state index in [0.717, 1.165) is 25.9 Å². The Morgan fingerprint density at radius 3 is 2.62 bits per heavy atom. The molecule has 1 atom stereocenters. The lowest BCUT2D eigenvalue weighted by Gasteiger charge is -2.26. The number of nitrogens with zero attached hydrogens (tertiary/aromatic N) is 1. The molecule has 2 aliphatic rings. The van der Waals surface area contributed by atoms with E-state index in [9.17, 15) is 4.79 Å². The number of ether oxygens (including phenoxy) is 1. The number of hydrogen-bond donors (Lipinski definition) is 0. The Labute approximate surface area is 146 Å². The summed E-state index contributed by atoms with van der Waals surface area (Å²) in [6.45, 7) is 1.72. The van der Waals surface area contributed by atoms with Crippen molar-refractivity contribution in [3.63, 3.8) is 0 Å². The summed E-state index contributed by atoms with van der Waals surface area (Å²) < 4.78 is 5.92. The second-order valence-electron chi connectivity index (χ2n) is 6.47.